The summed E-state index contributed by atoms with van der Waals surface area (Å²) in [6.07, 6.45) is 1.63. The van der Waals surface area contributed by atoms with E-state index >= 15 is 0 Å². The third kappa shape index (κ3) is 5.12. The highest BCUT2D eigenvalue weighted by Crippen LogP contribution is 2.32. The Morgan fingerprint density at radius 3 is 2.56 bits per heavy atom. The predicted molar refractivity (Wildman–Crippen MR) is 122 cm³/mol. The molecule has 32 heavy (non-hydrogen) atoms. The fourth-order valence-electron chi connectivity index (χ4n) is 3.31. The Labute approximate surface area is 193 Å². The van der Waals surface area contributed by atoms with E-state index in [4.69, 9.17) is 16.3 Å². The van der Waals surface area contributed by atoms with Crippen LogP contribution in [0.3, 0.4) is 0 Å². The van der Waals surface area contributed by atoms with E-state index in [1.807, 2.05) is 24.3 Å². The van der Waals surface area contributed by atoms with Gasteiger partial charge in [-0.05, 0) is 53.7 Å². The summed E-state index contributed by atoms with van der Waals surface area (Å²) < 4.78 is 18.6. The Hall–Kier alpha value is -2.88. The second kappa shape index (κ2) is 9.72. The van der Waals surface area contributed by atoms with Crippen LogP contribution in [0.2, 0.25) is 5.02 Å². The van der Waals surface area contributed by atoms with E-state index in [-0.39, 0.29) is 15.6 Å². The zero-order valence-corrected chi connectivity index (χ0v) is 18.4. The molecular weight excluding hydrogens is 457 g/mol. The molecule has 166 valence electrons. The van der Waals surface area contributed by atoms with Crippen LogP contribution in [0.25, 0.3) is 6.08 Å². The third-order valence-corrected chi connectivity index (χ3v) is 6.14. The number of morpholine rings is 1. The minimum atomic E-state index is -0.612. The third-order valence-electron chi connectivity index (χ3n) is 4.95. The van der Waals surface area contributed by atoms with Gasteiger partial charge >= 0.3 is 0 Å². The fraction of sp³-hybridized carbons (Fsp3) is 0.227. The molecule has 0 saturated carbocycles. The average molecular weight is 476 g/mol. The SMILES string of the molecule is O=C(CN1C(=O)S/C(=C/c2ccc(N3CCOCC3)cc2)C1=O)Nc1ccc(F)c(Cl)c1. The van der Waals surface area contributed by atoms with E-state index < -0.39 is 29.4 Å². The van der Waals surface area contributed by atoms with Gasteiger partial charge < -0.3 is 15.0 Å². The number of thioether (sulfide) groups is 1. The van der Waals surface area contributed by atoms with Crippen molar-refractivity contribution in [1.29, 1.82) is 0 Å². The van der Waals surface area contributed by atoms with Crippen molar-refractivity contribution in [1.82, 2.24) is 4.90 Å². The molecule has 0 bridgehead atoms. The molecule has 2 aliphatic heterocycles. The van der Waals surface area contributed by atoms with Crippen LogP contribution in [-0.4, -0.2) is 54.8 Å². The van der Waals surface area contributed by atoms with E-state index in [0.29, 0.717) is 13.2 Å². The zero-order chi connectivity index (χ0) is 22.7. The topological polar surface area (TPSA) is 79.0 Å². The van der Waals surface area contributed by atoms with Crippen LogP contribution in [0.4, 0.5) is 20.6 Å². The van der Waals surface area contributed by atoms with Gasteiger partial charge in [0.25, 0.3) is 11.1 Å². The largest absolute Gasteiger partial charge is 0.378 e. The molecular formula is C22H19ClFN3O4S. The highest BCUT2D eigenvalue weighted by atomic mass is 35.5. The lowest BCUT2D eigenvalue weighted by atomic mass is 10.1. The van der Waals surface area contributed by atoms with Crippen LogP contribution in [0, 0.1) is 5.82 Å². The Kier molecular flexibility index (Phi) is 6.78. The lowest BCUT2D eigenvalue weighted by Crippen LogP contribution is -2.36. The monoisotopic (exact) mass is 475 g/mol. The molecule has 2 aliphatic rings. The summed E-state index contributed by atoms with van der Waals surface area (Å²) >= 11 is 6.48. The summed E-state index contributed by atoms with van der Waals surface area (Å²) in [6, 6.07) is 11.4. The maximum absolute atomic E-state index is 13.2. The zero-order valence-electron chi connectivity index (χ0n) is 16.8. The number of amides is 3. The highest BCUT2D eigenvalue weighted by Gasteiger charge is 2.36. The lowest BCUT2D eigenvalue weighted by Gasteiger charge is -2.28. The molecule has 4 rings (SSSR count). The molecule has 0 radical (unpaired) electrons. The highest BCUT2D eigenvalue weighted by molar-refractivity contribution is 8.18. The van der Waals surface area contributed by atoms with Crippen LogP contribution in [0.5, 0.6) is 0 Å². The Morgan fingerprint density at radius 1 is 1.16 bits per heavy atom. The van der Waals surface area contributed by atoms with Crippen LogP contribution in [0.1, 0.15) is 5.56 Å². The average Bonchev–Trinajstić information content (AvgIpc) is 3.04. The van der Waals surface area contributed by atoms with Gasteiger partial charge in [0.2, 0.25) is 5.91 Å². The first-order valence-corrected chi connectivity index (χ1v) is 11.0. The van der Waals surface area contributed by atoms with Crippen molar-refractivity contribution in [3.63, 3.8) is 0 Å². The standard InChI is InChI=1S/C22H19ClFN3O4S/c23-17-12-15(3-6-18(17)24)25-20(28)13-27-21(29)19(32-22(27)30)11-14-1-4-16(5-2-14)26-7-9-31-10-8-26/h1-6,11-12H,7-10,13H2,(H,25,28)/b19-11+. The molecule has 10 heteroatoms. The Morgan fingerprint density at radius 2 is 1.88 bits per heavy atom. The fourth-order valence-corrected chi connectivity index (χ4v) is 4.33. The minimum absolute atomic E-state index is 0.142. The minimum Gasteiger partial charge on any atom is -0.378 e. The molecule has 0 aromatic heterocycles. The van der Waals surface area contributed by atoms with Crippen molar-refractivity contribution in [2.24, 2.45) is 0 Å². The number of carbonyl (C=O) groups excluding carboxylic acids is 3. The first kappa shape index (κ1) is 22.3. The maximum atomic E-state index is 13.2. The van der Waals surface area contributed by atoms with Gasteiger partial charge in [-0.2, -0.15) is 0 Å². The second-order valence-electron chi connectivity index (χ2n) is 7.14. The van der Waals surface area contributed by atoms with Crippen LogP contribution < -0.4 is 10.2 Å². The normalized spacial score (nSPS) is 17.9. The molecule has 2 saturated heterocycles. The number of rotatable bonds is 5. The number of nitrogens with one attached hydrogen (secondary N) is 1. The molecule has 2 fully saturated rings. The molecule has 0 atom stereocenters. The van der Waals surface area contributed by atoms with Crippen molar-refractivity contribution >= 4 is 57.9 Å². The number of hydrogen-bond acceptors (Lipinski definition) is 6. The van der Waals surface area contributed by atoms with Gasteiger partial charge in [-0.1, -0.05) is 23.7 Å². The van der Waals surface area contributed by atoms with E-state index in [2.05, 4.69) is 10.2 Å². The number of carbonyl (C=O) groups is 3. The van der Waals surface area contributed by atoms with E-state index in [1.54, 1.807) is 6.08 Å². The van der Waals surface area contributed by atoms with Crippen molar-refractivity contribution in [3.05, 3.63) is 63.8 Å². The van der Waals surface area contributed by atoms with Gasteiger partial charge in [0.1, 0.15) is 12.4 Å². The maximum Gasteiger partial charge on any atom is 0.294 e. The van der Waals surface area contributed by atoms with Crippen LogP contribution in [-0.2, 0) is 14.3 Å². The number of ether oxygens (including phenoxy) is 1. The van der Waals surface area contributed by atoms with Gasteiger partial charge in [-0.3, -0.25) is 19.3 Å². The summed E-state index contributed by atoms with van der Waals surface area (Å²) in [5.74, 6) is -1.74. The number of halogens is 2. The molecule has 1 N–H and O–H groups in total. The molecule has 2 heterocycles. The van der Waals surface area contributed by atoms with Crippen molar-refractivity contribution < 1.29 is 23.5 Å². The number of hydrogen-bond donors (Lipinski definition) is 1. The van der Waals surface area contributed by atoms with Gasteiger partial charge in [0, 0.05) is 24.5 Å². The molecule has 7 nitrogen and oxygen atoms in total. The van der Waals surface area contributed by atoms with Crippen molar-refractivity contribution in [3.8, 4) is 0 Å². The molecule has 3 amide bonds. The van der Waals surface area contributed by atoms with E-state index in [9.17, 15) is 18.8 Å². The quantitative estimate of drug-likeness (QED) is 0.659. The van der Waals surface area contributed by atoms with Crippen LogP contribution in [0.15, 0.2) is 47.4 Å². The van der Waals surface area contributed by atoms with Gasteiger partial charge in [0.15, 0.2) is 0 Å². The number of imide groups is 1. The lowest BCUT2D eigenvalue weighted by molar-refractivity contribution is -0.127. The molecule has 0 spiro atoms. The predicted octanol–water partition coefficient (Wildman–Crippen LogP) is 3.99. The smallest absolute Gasteiger partial charge is 0.294 e. The van der Waals surface area contributed by atoms with E-state index in [0.717, 1.165) is 47.1 Å². The molecule has 2 aromatic carbocycles. The van der Waals surface area contributed by atoms with Crippen molar-refractivity contribution in [2.75, 3.05) is 43.1 Å². The Bertz CT molecular complexity index is 1090. The summed E-state index contributed by atoms with van der Waals surface area (Å²) in [5.41, 5.74) is 2.11. The van der Waals surface area contributed by atoms with Crippen LogP contribution >= 0.6 is 23.4 Å². The summed E-state index contributed by atoms with van der Waals surface area (Å²) in [7, 11) is 0. The number of nitrogens with zero attached hydrogens (tertiary/aromatic N) is 2. The van der Waals surface area contributed by atoms with Gasteiger partial charge in [0.05, 0.1) is 23.1 Å². The summed E-state index contributed by atoms with van der Waals surface area (Å²) in [4.78, 5) is 40.6. The number of anilines is 2. The summed E-state index contributed by atoms with van der Waals surface area (Å²) in [5, 5.41) is 1.83. The molecule has 2 aromatic rings. The second-order valence-corrected chi connectivity index (χ2v) is 8.54. The van der Waals surface area contributed by atoms with Gasteiger partial charge in [-0.15, -0.1) is 0 Å². The number of benzene rings is 2. The Balaban J connectivity index is 1.40. The molecule has 0 aliphatic carbocycles. The summed E-state index contributed by atoms with van der Waals surface area (Å²) in [6.45, 7) is 2.58. The van der Waals surface area contributed by atoms with Crippen molar-refractivity contribution in [2.45, 2.75) is 0 Å². The first-order valence-electron chi connectivity index (χ1n) is 9.84. The van der Waals surface area contributed by atoms with E-state index in [1.165, 1.54) is 12.1 Å². The van der Waals surface area contributed by atoms with Gasteiger partial charge in [-0.25, -0.2) is 4.39 Å². The first-order chi connectivity index (χ1) is 15.4. The molecule has 0 unspecified atom stereocenters.